The molecule has 0 spiro atoms. The lowest BCUT2D eigenvalue weighted by Crippen LogP contribution is -2.58. The average molecular weight is 489 g/mol. The predicted molar refractivity (Wildman–Crippen MR) is 147 cm³/mol. The number of nitrogens with zero attached hydrogens (tertiary/aromatic N) is 4. The number of para-hydroxylation sites is 2. The number of benzene rings is 1. The Labute approximate surface area is 217 Å². The molecule has 1 aromatic heterocycles. The smallest absolute Gasteiger partial charge is 0.377 e. The lowest BCUT2D eigenvalue weighted by molar-refractivity contribution is -0.0422. The quantitative estimate of drug-likeness (QED) is 0.521. The SMILES string of the molecule is CB(O)N1CCC[C@H]1c1nc2ccccc2n1C1C[C@H]2CCC[C@@H](C1)N2C1C[C@H]2CCCC[C@@H](C1)C2. The van der Waals surface area contributed by atoms with Gasteiger partial charge in [-0.2, -0.15) is 0 Å². The molecule has 1 N–H and O–H groups in total. The first-order valence-corrected chi connectivity index (χ1v) is 15.3. The highest BCUT2D eigenvalue weighted by Gasteiger charge is 2.46. The summed E-state index contributed by atoms with van der Waals surface area (Å²) in [6.45, 7) is 2.90. The van der Waals surface area contributed by atoms with E-state index in [9.17, 15) is 5.02 Å². The Morgan fingerprint density at radius 1 is 0.778 bits per heavy atom. The summed E-state index contributed by atoms with van der Waals surface area (Å²) >= 11 is 0. The minimum Gasteiger partial charge on any atom is -0.437 e. The summed E-state index contributed by atoms with van der Waals surface area (Å²) in [5.74, 6) is 3.20. The Hall–Kier alpha value is -1.37. The zero-order chi connectivity index (χ0) is 24.2. The number of hydrogen-bond donors (Lipinski definition) is 1. The number of fused-ring (bicyclic) bond motifs is 5. The predicted octanol–water partition coefficient (Wildman–Crippen LogP) is 6.20. The average Bonchev–Trinajstić information content (AvgIpc) is 3.47. The van der Waals surface area contributed by atoms with Gasteiger partial charge in [-0.05, 0) is 95.1 Å². The number of rotatable bonds is 4. The molecule has 2 aliphatic carbocycles. The van der Waals surface area contributed by atoms with Crippen molar-refractivity contribution in [2.75, 3.05) is 6.54 Å². The van der Waals surface area contributed by atoms with Crippen molar-refractivity contribution >= 4 is 18.1 Å². The second-order valence-corrected chi connectivity index (χ2v) is 13.0. The Kier molecular flexibility index (Phi) is 6.42. The molecule has 7 atom stereocenters. The third kappa shape index (κ3) is 4.16. The highest BCUT2D eigenvalue weighted by molar-refractivity contribution is 6.45. The van der Waals surface area contributed by atoms with Crippen LogP contribution >= 0.6 is 0 Å². The first-order chi connectivity index (χ1) is 17.7. The monoisotopic (exact) mass is 488 g/mol. The molecule has 4 bridgehead atoms. The topological polar surface area (TPSA) is 44.5 Å². The van der Waals surface area contributed by atoms with Gasteiger partial charge >= 0.3 is 7.05 Å². The molecule has 0 amide bonds. The van der Waals surface area contributed by atoms with E-state index in [0.29, 0.717) is 6.04 Å². The highest BCUT2D eigenvalue weighted by atomic mass is 16.2. The molecule has 5 aliphatic rings. The van der Waals surface area contributed by atoms with Crippen molar-refractivity contribution in [3.8, 4) is 0 Å². The van der Waals surface area contributed by atoms with Gasteiger partial charge in [0, 0.05) is 24.2 Å². The summed E-state index contributed by atoms with van der Waals surface area (Å²) in [4.78, 5) is 10.6. The van der Waals surface area contributed by atoms with E-state index in [2.05, 4.69) is 38.5 Å². The van der Waals surface area contributed by atoms with E-state index in [0.717, 1.165) is 54.9 Å². The molecule has 0 radical (unpaired) electrons. The van der Waals surface area contributed by atoms with E-state index in [-0.39, 0.29) is 6.04 Å². The van der Waals surface area contributed by atoms with Gasteiger partial charge in [-0.3, -0.25) is 4.90 Å². The largest absolute Gasteiger partial charge is 0.437 e. The Morgan fingerprint density at radius 2 is 1.50 bits per heavy atom. The van der Waals surface area contributed by atoms with E-state index in [1.165, 1.54) is 88.4 Å². The molecule has 3 saturated heterocycles. The molecule has 1 aromatic carbocycles. The summed E-state index contributed by atoms with van der Waals surface area (Å²) < 4.78 is 2.66. The van der Waals surface area contributed by atoms with E-state index in [1.54, 1.807) is 0 Å². The lowest BCUT2D eigenvalue weighted by Gasteiger charge is -2.55. The van der Waals surface area contributed by atoms with E-state index < -0.39 is 7.05 Å². The zero-order valence-corrected chi connectivity index (χ0v) is 22.3. The minimum absolute atomic E-state index is 0.233. The summed E-state index contributed by atoms with van der Waals surface area (Å²) in [5, 5.41) is 10.5. The van der Waals surface area contributed by atoms with Gasteiger partial charge in [-0.15, -0.1) is 0 Å². The van der Waals surface area contributed by atoms with Crippen LogP contribution < -0.4 is 0 Å². The van der Waals surface area contributed by atoms with Gasteiger partial charge < -0.3 is 14.4 Å². The Bertz CT molecular complexity index is 1040. The van der Waals surface area contributed by atoms with Crippen LogP contribution in [0.2, 0.25) is 6.82 Å². The van der Waals surface area contributed by atoms with Gasteiger partial charge in [0.25, 0.3) is 0 Å². The van der Waals surface area contributed by atoms with E-state index in [4.69, 9.17) is 4.98 Å². The van der Waals surface area contributed by atoms with Gasteiger partial charge in [0.2, 0.25) is 0 Å². The number of hydrogen-bond acceptors (Lipinski definition) is 4. The van der Waals surface area contributed by atoms with Crippen LogP contribution in [0.15, 0.2) is 24.3 Å². The van der Waals surface area contributed by atoms with Crippen LogP contribution in [0.4, 0.5) is 0 Å². The summed E-state index contributed by atoms with van der Waals surface area (Å²) in [7, 11) is -0.415. The molecular formula is C30H45BN4O. The summed E-state index contributed by atoms with van der Waals surface area (Å²) in [6.07, 6.45) is 19.4. The molecule has 4 heterocycles. The molecule has 36 heavy (non-hydrogen) atoms. The molecule has 5 fully saturated rings. The third-order valence-corrected chi connectivity index (χ3v) is 10.8. The second kappa shape index (κ2) is 9.74. The van der Waals surface area contributed by atoms with Crippen LogP contribution in [-0.2, 0) is 0 Å². The maximum absolute atomic E-state index is 10.5. The van der Waals surface area contributed by atoms with Crippen molar-refractivity contribution in [2.24, 2.45) is 11.8 Å². The van der Waals surface area contributed by atoms with Gasteiger partial charge in [0.1, 0.15) is 5.82 Å². The van der Waals surface area contributed by atoms with Gasteiger partial charge in [0.15, 0.2) is 0 Å². The maximum Gasteiger partial charge on any atom is 0.377 e. The van der Waals surface area contributed by atoms with Gasteiger partial charge in [0.05, 0.1) is 17.1 Å². The van der Waals surface area contributed by atoms with Crippen LogP contribution in [0.25, 0.3) is 11.0 Å². The fraction of sp³-hybridized carbons (Fsp3) is 0.767. The van der Waals surface area contributed by atoms with Crippen molar-refractivity contribution in [2.45, 2.75) is 127 Å². The van der Waals surface area contributed by atoms with Crippen molar-refractivity contribution in [1.29, 1.82) is 0 Å². The van der Waals surface area contributed by atoms with Crippen LogP contribution in [0.1, 0.15) is 108 Å². The fourth-order valence-corrected chi connectivity index (χ4v) is 9.50. The number of aromatic nitrogens is 2. The molecule has 2 saturated carbocycles. The molecule has 5 nitrogen and oxygen atoms in total. The van der Waals surface area contributed by atoms with Crippen LogP contribution in [0.5, 0.6) is 0 Å². The maximum atomic E-state index is 10.5. The van der Waals surface area contributed by atoms with Crippen LogP contribution in [0, 0.1) is 11.8 Å². The van der Waals surface area contributed by atoms with Crippen LogP contribution in [0.3, 0.4) is 0 Å². The van der Waals surface area contributed by atoms with Crippen molar-refractivity contribution in [1.82, 2.24) is 19.3 Å². The van der Waals surface area contributed by atoms with Gasteiger partial charge in [-0.1, -0.05) is 44.2 Å². The van der Waals surface area contributed by atoms with E-state index in [1.807, 2.05) is 6.82 Å². The van der Waals surface area contributed by atoms with Crippen molar-refractivity contribution < 1.29 is 5.02 Å². The summed E-state index contributed by atoms with van der Waals surface area (Å²) in [5.41, 5.74) is 2.44. The molecule has 6 heteroatoms. The molecular weight excluding hydrogens is 443 g/mol. The van der Waals surface area contributed by atoms with Crippen molar-refractivity contribution in [3.63, 3.8) is 0 Å². The van der Waals surface area contributed by atoms with E-state index >= 15 is 0 Å². The van der Waals surface area contributed by atoms with Crippen LogP contribution in [-0.4, -0.2) is 56.0 Å². The van der Waals surface area contributed by atoms with Gasteiger partial charge in [-0.25, -0.2) is 4.98 Å². The molecule has 3 aliphatic heterocycles. The third-order valence-electron chi connectivity index (χ3n) is 10.8. The molecule has 7 rings (SSSR count). The second-order valence-electron chi connectivity index (χ2n) is 13.0. The molecule has 2 aromatic rings. The normalized spacial score (nSPS) is 37.8. The summed E-state index contributed by atoms with van der Waals surface area (Å²) in [6, 6.07) is 11.9. The minimum atomic E-state index is -0.415. The molecule has 2 unspecified atom stereocenters. The zero-order valence-electron chi connectivity index (χ0n) is 22.3. The first-order valence-electron chi connectivity index (χ1n) is 15.3. The lowest BCUT2D eigenvalue weighted by atomic mass is 9.73. The number of imidazole rings is 1. The standard InChI is InChI=1S/C30H45BN4O/c1-31(36)33-15-7-14-29(33)30-32-27-12-4-5-13-28(27)35(30)26-19-23-10-6-11-24(20-26)34(23)25-17-21-8-2-3-9-22(16-21)18-25/h4-5,12-13,21-26,29,36H,2-3,6-11,14-20H2,1H3/t21-,22+,23-,24+,25?,26?,29-/m0/s1. The van der Waals surface area contributed by atoms with Crippen molar-refractivity contribution in [3.05, 3.63) is 30.1 Å². The first kappa shape index (κ1) is 23.7. The Morgan fingerprint density at radius 3 is 2.22 bits per heavy atom. The fourth-order valence-electron chi connectivity index (χ4n) is 9.50. The highest BCUT2D eigenvalue weighted by Crippen LogP contribution is 2.48. The number of piperidine rings is 2. The molecule has 194 valence electrons. The Balaban J connectivity index is 1.20.